The van der Waals surface area contributed by atoms with Crippen LogP contribution in [0.1, 0.15) is 12.8 Å². The summed E-state index contributed by atoms with van der Waals surface area (Å²) in [6.07, 6.45) is 1.51. The van der Waals surface area contributed by atoms with Crippen LogP contribution in [0.15, 0.2) is 34.3 Å². The van der Waals surface area contributed by atoms with Crippen molar-refractivity contribution in [3.05, 3.63) is 24.3 Å². The van der Waals surface area contributed by atoms with Gasteiger partial charge in [-0.2, -0.15) is 0 Å². The second-order valence-electron chi connectivity index (χ2n) is 3.22. The van der Waals surface area contributed by atoms with E-state index in [9.17, 15) is 0 Å². The highest BCUT2D eigenvalue weighted by Crippen LogP contribution is 2.23. The summed E-state index contributed by atoms with van der Waals surface area (Å²) in [6, 6.07) is 7.91. The molecule has 1 rings (SSSR count). The Kier molecular flexibility index (Phi) is 5.56. The number of nitrogens with zero attached hydrogens (tertiary/aromatic N) is 1. The van der Waals surface area contributed by atoms with E-state index < -0.39 is 0 Å². The van der Waals surface area contributed by atoms with Crippen LogP contribution >= 0.6 is 11.8 Å². The van der Waals surface area contributed by atoms with Crippen molar-refractivity contribution in [2.75, 3.05) is 12.9 Å². The molecule has 0 aliphatic carbocycles. The van der Waals surface area contributed by atoms with Crippen LogP contribution in [0.3, 0.4) is 0 Å². The minimum absolute atomic E-state index is 0.284. The van der Waals surface area contributed by atoms with Crippen molar-refractivity contribution in [3.8, 4) is 5.75 Å². The summed E-state index contributed by atoms with van der Waals surface area (Å²) in [5.41, 5.74) is 5.37. The molecule has 88 valence electrons. The van der Waals surface area contributed by atoms with Gasteiger partial charge in [0.1, 0.15) is 11.6 Å². The molecule has 0 radical (unpaired) electrons. The average molecular weight is 240 g/mol. The van der Waals surface area contributed by atoms with E-state index in [-0.39, 0.29) is 5.84 Å². The lowest BCUT2D eigenvalue weighted by Crippen LogP contribution is -2.11. The maximum Gasteiger partial charge on any atom is 0.139 e. The van der Waals surface area contributed by atoms with E-state index in [4.69, 9.17) is 15.7 Å². The van der Waals surface area contributed by atoms with Gasteiger partial charge in [-0.05, 0) is 30.4 Å². The van der Waals surface area contributed by atoms with Crippen molar-refractivity contribution in [2.45, 2.75) is 17.7 Å². The molecule has 0 unspecified atom stereocenters. The third-order valence-corrected chi connectivity index (χ3v) is 3.10. The molecule has 0 aromatic heterocycles. The molecule has 3 N–H and O–H groups in total. The lowest BCUT2D eigenvalue weighted by atomic mass is 10.3. The molecule has 1 aromatic carbocycles. The Morgan fingerprint density at radius 3 is 3.06 bits per heavy atom. The maximum atomic E-state index is 8.36. The van der Waals surface area contributed by atoms with E-state index >= 15 is 0 Å². The first-order valence-electron chi connectivity index (χ1n) is 4.99. The summed E-state index contributed by atoms with van der Waals surface area (Å²) < 4.78 is 5.13. The smallest absolute Gasteiger partial charge is 0.139 e. The Bertz CT molecular complexity index is 356. The average Bonchev–Trinajstić information content (AvgIpc) is 2.34. The van der Waals surface area contributed by atoms with Crippen LogP contribution in [0.5, 0.6) is 5.75 Å². The van der Waals surface area contributed by atoms with Crippen molar-refractivity contribution in [1.82, 2.24) is 0 Å². The van der Waals surface area contributed by atoms with Gasteiger partial charge in [0.25, 0.3) is 0 Å². The summed E-state index contributed by atoms with van der Waals surface area (Å²) in [7, 11) is 1.65. The van der Waals surface area contributed by atoms with Crippen LogP contribution in [0, 0.1) is 0 Å². The van der Waals surface area contributed by atoms with Crippen molar-refractivity contribution in [1.29, 1.82) is 0 Å². The Morgan fingerprint density at radius 1 is 1.56 bits per heavy atom. The lowest BCUT2D eigenvalue weighted by Gasteiger charge is -2.04. The predicted octanol–water partition coefficient (Wildman–Crippen LogP) is 2.31. The normalized spacial score (nSPS) is 11.4. The Balaban J connectivity index is 2.31. The standard InChI is InChI=1S/C11H16N2O2S/c1-15-9-4-2-5-10(8-9)16-7-3-6-11(12)13-14/h2,4-5,8,14H,3,6-7H2,1H3,(H2,12,13). The summed E-state index contributed by atoms with van der Waals surface area (Å²) >= 11 is 1.73. The van der Waals surface area contributed by atoms with Crippen LogP contribution < -0.4 is 10.5 Å². The molecule has 0 fully saturated rings. The fraction of sp³-hybridized carbons (Fsp3) is 0.364. The highest BCUT2D eigenvalue weighted by atomic mass is 32.2. The molecule has 0 bridgehead atoms. The Morgan fingerprint density at radius 2 is 2.38 bits per heavy atom. The number of hydrogen-bond acceptors (Lipinski definition) is 4. The number of thioether (sulfide) groups is 1. The van der Waals surface area contributed by atoms with Gasteiger partial charge in [-0.3, -0.25) is 0 Å². The van der Waals surface area contributed by atoms with Crippen molar-refractivity contribution < 1.29 is 9.94 Å². The zero-order chi connectivity index (χ0) is 11.8. The third kappa shape index (κ3) is 4.44. The molecule has 5 heteroatoms. The molecular weight excluding hydrogens is 224 g/mol. The van der Waals surface area contributed by atoms with Crippen molar-refractivity contribution >= 4 is 17.6 Å². The van der Waals surface area contributed by atoms with Crippen molar-refractivity contribution in [2.24, 2.45) is 10.9 Å². The molecule has 4 nitrogen and oxygen atoms in total. The zero-order valence-electron chi connectivity index (χ0n) is 9.22. The molecule has 0 aliphatic heterocycles. The molecule has 0 aliphatic rings. The lowest BCUT2D eigenvalue weighted by molar-refractivity contribution is 0.317. The van der Waals surface area contributed by atoms with Gasteiger partial charge < -0.3 is 15.7 Å². The van der Waals surface area contributed by atoms with Gasteiger partial charge >= 0.3 is 0 Å². The summed E-state index contributed by atoms with van der Waals surface area (Å²) in [5, 5.41) is 11.3. The number of ether oxygens (including phenoxy) is 1. The first kappa shape index (κ1) is 12.7. The molecule has 0 atom stereocenters. The Hall–Kier alpha value is -1.36. The SMILES string of the molecule is COc1cccc(SCCC/C(N)=N/O)c1. The van der Waals surface area contributed by atoms with Crippen LogP contribution in [0.2, 0.25) is 0 Å². The first-order valence-corrected chi connectivity index (χ1v) is 5.98. The predicted molar refractivity (Wildman–Crippen MR) is 66.4 cm³/mol. The second kappa shape index (κ2) is 7.00. The van der Waals surface area contributed by atoms with E-state index in [1.807, 2.05) is 24.3 Å². The van der Waals surface area contributed by atoms with Gasteiger partial charge in [-0.25, -0.2) is 0 Å². The highest BCUT2D eigenvalue weighted by Gasteiger charge is 1.98. The van der Waals surface area contributed by atoms with E-state index in [1.54, 1.807) is 18.9 Å². The fourth-order valence-corrected chi connectivity index (χ4v) is 2.08. The monoisotopic (exact) mass is 240 g/mol. The summed E-state index contributed by atoms with van der Waals surface area (Å²) in [5.74, 6) is 2.08. The van der Waals surface area contributed by atoms with Crippen LogP contribution in [0.4, 0.5) is 0 Å². The number of hydrogen-bond donors (Lipinski definition) is 2. The molecular formula is C11H16N2O2S. The van der Waals surface area contributed by atoms with Gasteiger partial charge in [0, 0.05) is 11.3 Å². The topological polar surface area (TPSA) is 67.8 Å². The third-order valence-electron chi connectivity index (χ3n) is 2.02. The molecule has 0 amide bonds. The summed E-state index contributed by atoms with van der Waals surface area (Å²) in [6.45, 7) is 0. The second-order valence-corrected chi connectivity index (χ2v) is 4.39. The number of amidine groups is 1. The molecule has 1 aromatic rings. The molecule has 16 heavy (non-hydrogen) atoms. The first-order chi connectivity index (χ1) is 7.76. The van der Waals surface area contributed by atoms with Gasteiger partial charge in [0.2, 0.25) is 0 Å². The van der Waals surface area contributed by atoms with E-state index in [2.05, 4.69) is 5.16 Å². The number of rotatable bonds is 6. The largest absolute Gasteiger partial charge is 0.497 e. The number of methoxy groups -OCH3 is 1. The molecule has 0 heterocycles. The van der Waals surface area contributed by atoms with Gasteiger partial charge in [-0.15, -0.1) is 11.8 Å². The molecule has 0 spiro atoms. The van der Waals surface area contributed by atoms with E-state index in [0.717, 1.165) is 17.9 Å². The fourth-order valence-electron chi connectivity index (χ4n) is 1.18. The highest BCUT2D eigenvalue weighted by molar-refractivity contribution is 7.99. The number of benzene rings is 1. The van der Waals surface area contributed by atoms with E-state index in [1.165, 1.54) is 4.90 Å². The molecule has 0 saturated carbocycles. The zero-order valence-corrected chi connectivity index (χ0v) is 10.0. The minimum Gasteiger partial charge on any atom is -0.497 e. The van der Waals surface area contributed by atoms with Crippen LogP contribution in [-0.2, 0) is 0 Å². The number of oxime groups is 1. The number of nitrogens with two attached hydrogens (primary N) is 1. The maximum absolute atomic E-state index is 8.36. The van der Waals surface area contributed by atoms with Crippen LogP contribution in [0.25, 0.3) is 0 Å². The van der Waals surface area contributed by atoms with Gasteiger partial charge in [0.05, 0.1) is 7.11 Å². The quantitative estimate of drug-likeness (QED) is 0.200. The van der Waals surface area contributed by atoms with E-state index in [0.29, 0.717) is 6.42 Å². The minimum atomic E-state index is 0.284. The Labute approximate surface area is 99.5 Å². The van der Waals surface area contributed by atoms with Gasteiger partial charge in [-0.1, -0.05) is 11.2 Å². The molecule has 0 saturated heterocycles. The summed E-state index contributed by atoms with van der Waals surface area (Å²) in [4.78, 5) is 1.17. The van der Waals surface area contributed by atoms with Crippen molar-refractivity contribution in [3.63, 3.8) is 0 Å². The van der Waals surface area contributed by atoms with Crippen LogP contribution in [-0.4, -0.2) is 23.9 Å². The van der Waals surface area contributed by atoms with Gasteiger partial charge in [0.15, 0.2) is 0 Å².